The molecule has 0 saturated carbocycles. The van der Waals surface area contributed by atoms with Gasteiger partial charge < -0.3 is 4.74 Å². The quantitative estimate of drug-likeness (QED) is 0.814. The molecule has 0 fully saturated rings. The maximum absolute atomic E-state index is 5.66. The molecule has 0 radical (unpaired) electrons. The van der Waals surface area contributed by atoms with Crippen LogP contribution in [0.1, 0.15) is 5.69 Å². The van der Waals surface area contributed by atoms with Crippen LogP contribution in [-0.4, -0.2) is 9.97 Å². The van der Waals surface area contributed by atoms with Gasteiger partial charge in [-0.15, -0.1) is 0 Å². The minimum absolute atomic E-state index is 0.413. The van der Waals surface area contributed by atoms with Crippen LogP contribution in [0.25, 0.3) is 0 Å². The molecule has 82 valence electrons. The van der Waals surface area contributed by atoms with Crippen molar-refractivity contribution in [2.75, 3.05) is 0 Å². The van der Waals surface area contributed by atoms with Crippen LogP contribution in [0.5, 0.6) is 5.75 Å². The third kappa shape index (κ3) is 3.18. The van der Waals surface area contributed by atoms with Gasteiger partial charge in [-0.25, -0.2) is 4.98 Å². The first-order valence-corrected chi connectivity index (χ1v) is 5.76. The molecule has 2 aromatic heterocycles. The monoisotopic (exact) mass is 298 g/mol. The Kier molecular flexibility index (Phi) is 3.74. The second kappa shape index (κ2) is 5.27. The van der Waals surface area contributed by atoms with Crippen LogP contribution < -0.4 is 4.74 Å². The molecule has 2 rings (SSSR count). The zero-order valence-corrected chi connectivity index (χ0v) is 10.6. The van der Waals surface area contributed by atoms with Gasteiger partial charge in [0.15, 0.2) is 0 Å². The van der Waals surface area contributed by atoms with Crippen LogP contribution in [0, 0.1) is 0 Å². The first kappa shape index (κ1) is 11.4. The average molecular weight is 300 g/mol. The summed E-state index contributed by atoms with van der Waals surface area (Å²) in [5.74, 6) is 0.675. The molecule has 0 unspecified atom stereocenters. The van der Waals surface area contributed by atoms with Crippen LogP contribution in [0.4, 0.5) is 0 Å². The molecule has 0 aliphatic rings. The molecular formula is C11H8BrClN2O. The zero-order chi connectivity index (χ0) is 11.4. The Morgan fingerprint density at radius 3 is 2.62 bits per heavy atom. The number of rotatable bonds is 3. The minimum Gasteiger partial charge on any atom is -0.486 e. The summed E-state index contributed by atoms with van der Waals surface area (Å²) in [6.07, 6.45) is 3.32. The van der Waals surface area contributed by atoms with E-state index in [1.54, 1.807) is 24.5 Å². The summed E-state index contributed by atoms with van der Waals surface area (Å²) >= 11 is 8.98. The third-order valence-corrected chi connectivity index (χ3v) is 2.57. The van der Waals surface area contributed by atoms with E-state index >= 15 is 0 Å². The highest BCUT2D eigenvalue weighted by Crippen LogP contribution is 2.14. The fraction of sp³-hybridized carbons (Fsp3) is 0.0909. The van der Waals surface area contributed by atoms with Crippen molar-refractivity contribution < 1.29 is 4.74 Å². The van der Waals surface area contributed by atoms with E-state index in [1.807, 2.05) is 12.1 Å². The van der Waals surface area contributed by atoms with Crippen LogP contribution in [0.2, 0.25) is 5.15 Å². The van der Waals surface area contributed by atoms with Gasteiger partial charge in [0.2, 0.25) is 0 Å². The van der Waals surface area contributed by atoms with Gasteiger partial charge in [0.25, 0.3) is 0 Å². The number of hydrogen-bond donors (Lipinski definition) is 0. The van der Waals surface area contributed by atoms with E-state index in [9.17, 15) is 0 Å². The smallest absolute Gasteiger partial charge is 0.138 e. The molecule has 2 heterocycles. The number of nitrogens with zero attached hydrogens (tertiary/aromatic N) is 2. The molecular weight excluding hydrogens is 291 g/mol. The Morgan fingerprint density at radius 1 is 1.12 bits per heavy atom. The van der Waals surface area contributed by atoms with Gasteiger partial charge in [-0.05, 0) is 40.2 Å². The predicted molar refractivity (Wildman–Crippen MR) is 65.5 cm³/mol. The maximum Gasteiger partial charge on any atom is 0.138 e. The van der Waals surface area contributed by atoms with Gasteiger partial charge in [-0.1, -0.05) is 11.6 Å². The second-order valence-electron chi connectivity index (χ2n) is 3.07. The lowest BCUT2D eigenvalue weighted by molar-refractivity contribution is 0.300. The van der Waals surface area contributed by atoms with E-state index < -0.39 is 0 Å². The standard InChI is InChI=1S/C11H8BrClN2O/c12-8-1-2-9(14-5-8)7-16-10-3-4-11(13)15-6-10/h1-6H,7H2. The van der Waals surface area contributed by atoms with Crippen molar-refractivity contribution in [1.29, 1.82) is 0 Å². The van der Waals surface area contributed by atoms with Crippen LogP contribution >= 0.6 is 27.5 Å². The average Bonchev–Trinajstić information content (AvgIpc) is 2.30. The summed E-state index contributed by atoms with van der Waals surface area (Å²) in [4.78, 5) is 8.11. The Hall–Kier alpha value is -1.13. The summed E-state index contributed by atoms with van der Waals surface area (Å²) in [7, 11) is 0. The first-order chi connectivity index (χ1) is 7.74. The molecule has 0 spiro atoms. The Bertz CT molecular complexity index is 413. The first-order valence-electron chi connectivity index (χ1n) is 4.59. The second-order valence-corrected chi connectivity index (χ2v) is 4.38. The van der Waals surface area contributed by atoms with Crippen molar-refractivity contribution in [3.05, 3.63) is 52.0 Å². The molecule has 0 aliphatic heterocycles. The van der Waals surface area contributed by atoms with Gasteiger partial charge in [-0.2, -0.15) is 0 Å². The number of hydrogen-bond acceptors (Lipinski definition) is 3. The zero-order valence-electron chi connectivity index (χ0n) is 8.23. The molecule has 0 bridgehead atoms. The van der Waals surface area contributed by atoms with Crippen molar-refractivity contribution in [2.45, 2.75) is 6.61 Å². The molecule has 0 aromatic carbocycles. The summed E-state index contributed by atoms with van der Waals surface area (Å²) in [5.41, 5.74) is 0.859. The summed E-state index contributed by atoms with van der Waals surface area (Å²) < 4.78 is 6.44. The molecule has 16 heavy (non-hydrogen) atoms. The number of aromatic nitrogens is 2. The maximum atomic E-state index is 5.66. The topological polar surface area (TPSA) is 35.0 Å². The van der Waals surface area contributed by atoms with Crippen molar-refractivity contribution in [3.63, 3.8) is 0 Å². The van der Waals surface area contributed by atoms with Crippen LogP contribution in [0.15, 0.2) is 41.1 Å². The minimum atomic E-state index is 0.413. The van der Waals surface area contributed by atoms with E-state index in [4.69, 9.17) is 16.3 Å². The van der Waals surface area contributed by atoms with Gasteiger partial charge in [-0.3, -0.25) is 4.98 Å². The fourth-order valence-corrected chi connectivity index (χ4v) is 1.44. The summed E-state index contributed by atoms with van der Waals surface area (Å²) in [5, 5.41) is 0.453. The van der Waals surface area contributed by atoms with Gasteiger partial charge >= 0.3 is 0 Å². The highest BCUT2D eigenvalue weighted by Gasteiger charge is 1.98. The van der Waals surface area contributed by atoms with Gasteiger partial charge in [0.05, 0.1) is 11.9 Å². The lowest BCUT2D eigenvalue weighted by atomic mass is 10.4. The largest absolute Gasteiger partial charge is 0.486 e. The normalized spacial score (nSPS) is 10.1. The SMILES string of the molecule is Clc1ccc(OCc2ccc(Br)cn2)cn1. The Balaban J connectivity index is 1.97. The van der Waals surface area contributed by atoms with E-state index in [2.05, 4.69) is 25.9 Å². The Labute approximate surface area is 107 Å². The van der Waals surface area contributed by atoms with Crippen molar-refractivity contribution in [3.8, 4) is 5.75 Å². The summed E-state index contributed by atoms with van der Waals surface area (Å²) in [6.45, 7) is 0.413. The number of pyridine rings is 2. The van der Waals surface area contributed by atoms with Crippen LogP contribution in [-0.2, 0) is 6.61 Å². The van der Waals surface area contributed by atoms with Gasteiger partial charge in [0, 0.05) is 10.7 Å². The van der Waals surface area contributed by atoms with E-state index in [1.165, 1.54) is 0 Å². The molecule has 0 N–H and O–H groups in total. The molecule has 3 nitrogen and oxygen atoms in total. The summed E-state index contributed by atoms with van der Waals surface area (Å²) in [6, 6.07) is 7.28. The number of halogens is 2. The lowest BCUT2D eigenvalue weighted by Crippen LogP contribution is -1.97. The molecule has 0 saturated heterocycles. The number of ether oxygens (including phenoxy) is 1. The van der Waals surface area contributed by atoms with Gasteiger partial charge in [0.1, 0.15) is 17.5 Å². The van der Waals surface area contributed by atoms with E-state index in [-0.39, 0.29) is 0 Å². The molecule has 0 aliphatic carbocycles. The highest BCUT2D eigenvalue weighted by molar-refractivity contribution is 9.10. The third-order valence-electron chi connectivity index (χ3n) is 1.88. The lowest BCUT2D eigenvalue weighted by Gasteiger charge is -2.04. The van der Waals surface area contributed by atoms with Crippen molar-refractivity contribution in [2.24, 2.45) is 0 Å². The van der Waals surface area contributed by atoms with E-state index in [0.29, 0.717) is 17.5 Å². The van der Waals surface area contributed by atoms with Crippen LogP contribution in [0.3, 0.4) is 0 Å². The van der Waals surface area contributed by atoms with Crippen molar-refractivity contribution in [1.82, 2.24) is 9.97 Å². The highest BCUT2D eigenvalue weighted by atomic mass is 79.9. The molecule has 5 heteroatoms. The van der Waals surface area contributed by atoms with E-state index in [0.717, 1.165) is 10.2 Å². The molecule has 0 amide bonds. The molecule has 0 atom stereocenters. The predicted octanol–water partition coefficient (Wildman–Crippen LogP) is 3.47. The fourth-order valence-electron chi connectivity index (χ4n) is 1.10. The molecule has 2 aromatic rings. The van der Waals surface area contributed by atoms with Crippen molar-refractivity contribution >= 4 is 27.5 Å². The Morgan fingerprint density at radius 2 is 2.00 bits per heavy atom.